The summed E-state index contributed by atoms with van der Waals surface area (Å²) >= 11 is 0. The SMILES string of the molecule is C=CCOC(=O)Oc1cccc(C[C@H](NC(=O)C(NC(=O)OC(C)(C)C)C2CCCCC2)C(=O)OC)c1. The molecule has 0 bridgehead atoms. The minimum Gasteiger partial charge on any atom is -0.467 e. The van der Waals surface area contributed by atoms with Crippen molar-refractivity contribution < 1.29 is 38.1 Å². The van der Waals surface area contributed by atoms with Crippen LogP contribution in [0.1, 0.15) is 58.4 Å². The number of ether oxygens (including phenoxy) is 4. The van der Waals surface area contributed by atoms with E-state index in [0.717, 1.165) is 32.1 Å². The van der Waals surface area contributed by atoms with Gasteiger partial charge in [-0.05, 0) is 57.2 Å². The number of nitrogens with one attached hydrogen (secondary N) is 2. The lowest BCUT2D eigenvalue weighted by molar-refractivity contribution is -0.145. The highest BCUT2D eigenvalue weighted by molar-refractivity contribution is 5.90. The average Bonchev–Trinajstić information content (AvgIpc) is 2.84. The summed E-state index contributed by atoms with van der Waals surface area (Å²) in [6, 6.07) is 4.60. The summed E-state index contributed by atoms with van der Waals surface area (Å²) < 4.78 is 20.2. The molecule has 0 spiro atoms. The van der Waals surface area contributed by atoms with Crippen LogP contribution in [0.15, 0.2) is 36.9 Å². The molecular formula is C27H38N2O8. The molecule has 1 fully saturated rings. The van der Waals surface area contributed by atoms with E-state index in [1.54, 1.807) is 45.0 Å². The van der Waals surface area contributed by atoms with E-state index in [-0.39, 0.29) is 24.7 Å². The number of rotatable bonds is 10. The maximum atomic E-state index is 13.4. The first kappa shape index (κ1) is 29.7. The third kappa shape index (κ3) is 10.5. The van der Waals surface area contributed by atoms with Crippen LogP contribution in [0.25, 0.3) is 0 Å². The van der Waals surface area contributed by atoms with E-state index in [4.69, 9.17) is 18.9 Å². The zero-order valence-corrected chi connectivity index (χ0v) is 22.0. The molecule has 37 heavy (non-hydrogen) atoms. The molecule has 0 radical (unpaired) electrons. The molecule has 1 unspecified atom stereocenters. The fourth-order valence-corrected chi connectivity index (χ4v) is 4.12. The first-order valence-electron chi connectivity index (χ1n) is 12.4. The van der Waals surface area contributed by atoms with E-state index >= 15 is 0 Å². The van der Waals surface area contributed by atoms with Crippen LogP contribution >= 0.6 is 0 Å². The number of hydrogen-bond acceptors (Lipinski definition) is 8. The van der Waals surface area contributed by atoms with Crippen LogP contribution in [0.2, 0.25) is 0 Å². The molecule has 0 saturated heterocycles. The number of methoxy groups -OCH3 is 1. The Labute approximate surface area is 218 Å². The normalized spacial score (nSPS) is 15.5. The van der Waals surface area contributed by atoms with Crippen LogP contribution in [-0.4, -0.2) is 55.5 Å². The summed E-state index contributed by atoms with van der Waals surface area (Å²) in [6.07, 6.45) is 4.43. The number of esters is 1. The number of benzene rings is 1. The fraction of sp³-hybridized carbons (Fsp3) is 0.556. The maximum absolute atomic E-state index is 13.4. The molecule has 10 heteroatoms. The summed E-state index contributed by atoms with van der Waals surface area (Å²) in [5, 5.41) is 5.46. The van der Waals surface area contributed by atoms with Gasteiger partial charge in [0, 0.05) is 6.42 Å². The number of carbonyl (C=O) groups excluding carboxylic acids is 4. The van der Waals surface area contributed by atoms with Crippen LogP contribution in [-0.2, 0) is 30.2 Å². The fourth-order valence-electron chi connectivity index (χ4n) is 4.12. The van der Waals surface area contributed by atoms with Crippen molar-refractivity contribution in [2.45, 2.75) is 77.0 Å². The van der Waals surface area contributed by atoms with E-state index in [1.165, 1.54) is 13.2 Å². The van der Waals surface area contributed by atoms with Crippen molar-refractivity contribution in [3.8, 4) is 5.75 Å². The highest BCUT2D eigenvalue weighted by Crippen LogP contribution is 2.27. The van der Waals surface area contributed by atoms with Crippen molar-refractivity contribution >= 4 is 24.1 Å². The maximum Gasteiger partial charge on any atom is 0.514 e. The lowest BCUT2D eigenvalue weighted by Crippen LogP contribution is -2.56. The highest BCUT2D eigenvalue weighted by atomic mass is 16.7. The van der Waals surface area contributed by atoms with Crippen molar-refractivity contribution in [3.63, 3.8) is 0 Å². The predicted octanol–water partition coefficient (Wildman–Crippen LogP) is 4.06. The van der Waals surface area contributed by atoms with Gasteiger partial charge < -0.3 is 29.6 Å². The van der Waals surface area contributed by atoms with Crippen molar-refractivity contribution in [1.82, 2.24) is 10.6 Å². The van der Waals surface area contributed by atoms with E-state index < -0.39 is 41.8 Å². The van der Waals surface area contributed by atoms with Gasteiger partial charge in [0.2, 0.25) is 5.91 Å². The molecule has 2 rings (SSSR count). The molecule has 2 amide bonds. The third-order valence-electron chi connectivity index (χ3n) is 5.74. The molecule has 0 aromatic heterocycles. The van der Waals surface area contributed by atoms with Crippen molar-refractivity contribution in [2.24, 2.45) is 5.92 Å². The Kier molecular flexibility index (Phi) is 11.4. The van der Waals surface area contributed by atoms with Gasteiger partial charge in [0.1, 0.15) is 30.0 Å². The Bertz CT molecular complexity index is 950. The van der Waals surface area contributed by atoms with Gasteiger partial charge in [-0.2, -0.15) is 0 Å². The molecule has 1 saturated carbocycles. The zero-order valence-electron chi connectivity index (χ0n) is 22.0. The molecular weight excluding hydrogens is 480 g/mol. The molecule has 2 N–H and O–H groups in total. The number of carbonyl (C=O) groups is 4. The molecule has 0 aliphatic heterocycles. The van der Waals surface area contributed by atoms with Gasteiger partial charge in [-0.3, -0.25) is 4.79 Å². The standard InChI is InChI=1S/C27H38N2O8/c1-6-15-35-26(33)36-20-14-10-11-18(16-20)17-21(24(31)34-5)28-23(30)22(19-12-8-7-9-13-19)29-25(32)37-27(2,3)4/h6,10-11,14,16,19,21-22H,1,7-9,12-13,15,17H2,2-5H3,(H,28,30)(H,29,32)/t21-,22?/m0/s1. The quantitative estimate of drug-likeness (QED) is 0.205. The summed E-state index contributed by atoms with van der Waals surface area (Å²) in [5.41, 5.74) is -0.115. The summed E-state index contributed by atoms with van der Waals surface area (Å²) in [6.45, 7) is 8.70. The lowest BCUT2D eigenvalue weighted by atomic mass is 9.83. The first-order valence-corrected chi connectivity index (χ1v) is 12.4. The van der Waals surface area contributed by atoms with E-state index in [1.807, 2.05) is 0 Å². The van der Waals surface area contributed by atoms with Crippen molar-refractivity contribution in [3.05, 3.63) is 42.5 Å². The van der Waals surface area contributed by atoms with Crippen LogP contribution in [0.5, 0.6) is 5.75 Å². The van der Waals surface area contributed by atoms with Gasteiger partial charge in [0.15, 0.2) is 0 Å². The van der Waals surface area contributed by atoms with Crippen molar-refractivity contribution in [1.29, 1.82) is 0 Å². The summed E-state index contributed by atoms with van der Waals surface area (Å²) in [5.74, 6) is -1.01. The zero-order chi connectivity index (χ0) is 27.4. The Morgan fingerprint density at radius 1 is 1.11 bits per heavy atom. The Morgan fingerprint density at radius 3 is 2.43 bits per heavy atom. The average molecular weight is 519 g/mol. The molecule has 1 aromatic rings. The molecule has 204 valence electrons. The minimum atomic E-state index is -1.04. The second-order valence-corrected chi connectivity index (χ2v) is 9.91. The number of alkyl carbamates (subject to hydrolysis) is 1. The minimum absolute atomic E-state index is 0.00839. The van der Waals surface area contributed by atoms with Crippen LogP contribution < -0.4 is 15.4 Å². The van der Waals surface area contributed by atoms with E-state index in [9.17, 15) is 19.2 Å². The number of hydrogen-bond donors (Lipinski definition) is 2. The Morgan fingerprint density at radius 2 is 1.81 bits per heavy atom. The lowest BCUT2D eigenvalue weighted by Gasteiger charge is -2.31. The molecule has 1 aliphatic carbocycles. The molecule has 10 nitrogen and oxygen atoms in total. The van der Waals surface area contributed by atoms with Gasteiger partial charge in [-0.25, -0.2) is 14.4 Å². The van der Waals surface area contributed by atoms with Gasteiger partial charge in [-0.1, -0.05) is 44.1 Å². The Balaban J connectivity index is 2.16. The van der Waals surface area contributed by atoms with Crippen LogP contribution in [0.4, 0.5) is 9.59 Å². The highest BCUT2D eigenvalue weighted by Gasteiger charge is 2.35. The van der Waals surface area contributed by atoms with E-state index in [2.05, 4.69) is 17.2 Å². The predicted molar refractivity (Wildman–Crippen MR) is 136 cm³/mol. The first-order chi connectivity index (χ1) is 17.5. The van der Waals surface area contributed by atoms with Crippen LogP contribution in [0, 0.1) is 5.92 Å². The molecule has 1 aromatic carbocycles. The number of amides is 2. The summed E-state index contributed by atoms with van der Waals surface area (Å²) in [7, 11) is 1.23. The third-order valence-corrected chi connectivity index (χ3v) is 5.74. The van der Waals surface area contributed by atoms with Gasteiger partial charge in [0.05, 0.1) is 7.11 Å². The molecule has 1 aliphatic rings. The van der Waals surface area contributed by atoms with Gasteiger partial charge >= 0.3 is 18.2 Å². The largest absolute Gasteiger partial charge is 0.514 e. The second-order valence-electron chi connectivity index (χ2n) is 9.91. The van der Waals surface area contributed by atoms with Crippen molar-refractivity contribution in [2.75, 3.05) is 13.7 Å². The second kappa shape index (κ2) is 14.2. The monoisotopic (exact) mass is 518 g/mol. The summed E-state index contributed by atoms with van der Waals surface area (Å²) in [4.78, 5) is 50.2. The molecule has 2 atom stereocenters. The van der Waals surface area contributed by atoms with Gasteiger partial charge in [-0.15, -0.1) is 0 Å². The topological polar surface area (TPSA) is 129 Å². The van der Waals surface area contributed by atoms with Crippen LogP contribution in [0.3, 0.4) is 0 Å². The van der Waals surface area contributed by atoms with E-state index in [0.29, 0.717) is 5.56 Å². The smallest absolute Gasteiger partial charge is 0.467 e. The Hall–Kier alpha value is -3.56. The molecule has 0 heterocycles. The van der Waals surface area contributed by atoms with Gasteiger partial charge in [0.25, 0.3) is 0 Å².